The monoisotopic (exact) mass is 432 g/mol. The predicted molar refractivity (Wildman–Crippen MR) is 122 cm³/mol. The molecule has 1 aromatic heterocycles. The minimum Gasteiger partial charge on any atom is -0.340 e. The summed E-state index contributed by atoms with van der Waals surface area (Å²) in [6, 6.07) is 18.6. The molecular formula is C25H24N2O3S. The van der Waals surface area contributed by atoms with Gasteiger partial charge in [-0.2, -0.15) is 0 Å². The lowest BCUT2D eigenvalue weighted by atomic mass is 9.98. The molecule has 0 spiro atoms. The Balaban J connectivity index is 1.60. The summed E-state index contributed by atoms with van der Waals surface area (Å²) in [4.78, 5) is 39.5. The van der Waals surface area contributed by atoms with Gasteiger partial charge < -0.3 is 5.32 Å². The first-order valence-electron chi connectivity index (χ1n) is 10.3. The average Bonchev–Trinajstić information content (AvgIpc) is 3.42. The van der Waals surface area contributed by atoms with Gasteiger partial charge in [-0.25, -0.2) is 0 Å². The number of carbonyl (C=O) groups excluding carboxylic acids is 3. The molecule has 2 heterocycles. The number of nitrogens with one attached hydrogen (secondary N) is 1. The van der Waals surface area contributed by atoms with Gasteiger partial charge >= 0.3 is 0 Å². The van der Waals surface area contributed by atoms with Crippen LogP contribution in [-0.2, 0) is 9.59 Å². The lowest BCUT2D eigenvalue weighted by molar-refractivity contribution is -0.121. The molecule has 1 atom stereocenters. The van der Waals surface area contributed by atoms with E-state index in [2.05, 4.69) is 43.4 Å². The van der Waals surface area contributed by atoms with Crippen molar-refractivity contribution in [2.24, 2.45) is 0 Å². The summed E-state index contributed by atoms with van der Waals surface area (Å²) in [5, 5.41) is 5.11. The number of benzene rings is 2. The second-order valence-electron chi connectivity index (χ2n) is 7.92. The summed E-state index contributed by atoms with van der Waals surface area (Å²) in [6.07, 6.45) is 0.421. The quantitative estimate of drug-likeness (QED) is 0.555. The maximum Gasteiger partial charge on any atom is 0.252 e. The van der Waals surface area contributed by atoms with Crippen LogP contribution in [0, 0.1) is 0 Å². The molecule has 1 unspecified atom stereocenters. The Hall–Kier alpha value is -3.25. The number of anilines is 1. The molecule has 4 rings (SSSR count). The Morgan fingerprint density at radius 3 is 2.23 bits per heavy atom. The SMILES string of the molecule is CC(C)c1ccc(C(NC(=O)c2cccc(N3C(=O)CCC3=O)c2)c2cccs2)cc1. The summed E-state index contributed by atoms with van der Waals surface area (Å²) >= 11 is 1.59. The fourth-order valence-electron chi connectivity index (χ4n) is 3.71. The van der Waals surface area contributed by atoms with Gasteiger partial charge in [0.2, 0.25) is 11.8 Å². The van der Waals surface area contributed by atoms with Gasteiger partial charge in [0, 0.05) is 23.3 Å². The Morgan fingerprint density at radius 2 is 1.61 bits per heavy atom. The largest absolute Gasteiger partial charge is 0.340 e. The highest BCUT2D eigenvalue weighted by Crippen LogP contribution is 2.29. The van der Waals surface area contributed by atoms with Crippen molar-refractivity contribution in [1.29, 1.82) is 0 Å². The van der Waals surface area contributed by atoms with Crippen LogP contribution < -0.4 is 10.2 Å². The second kappa shape index (κ2) is 8.86. The molecule has 158 valence electrons. The molecule has 31 heavy (non-hydrogen) atoms. The fraction of sp³-hybridized carbons (Fsp3) is 0.240. The highest BCUT2D eigenvalue weighted by atomic mass is 32.1. The van der Waals surface area contributed by atoms with Crippen LogP contribution in [0.2, 0.25) is 0 Å². The van der Waals surface area contributed by atoms with Gasteiger partial charge in [0.25, 0.3) is 5.91 Å². The third kappa shape index (κ3) is 4.44. The van der Waals surface area contributed by atoms with Gasteiger partial charge in [-0.15, -0.1) is 11.3 Å². The smallest absolute Gasteiger partial charge is 0.252 e. The number of hydrogen-bond acceptors (Lipinski definition) is 4. The van der Waals surface area contributed by atoms with Gasteiger partial charge in [0.15, 0.2) is 0 Å². The van der Waals surface area contributed by atoms with Crippen LogP contribution in [0.25, 0.3) is 0 Å². The van der Waals surface area contributed by atoms with Crippen molar-refractivity contribution < 1.29 is 14.4 Å². The van der Waals surface area contributed by atoms with Crippen LogP contribution >= 0.6 is 11.3 Å². The van der Waals surface area contributed by atoms with Crippen LogP contribution in [0.5, 0.6) is 0 Å². The number of amides is 3. The molecule has 5 nitrogen and oxygen atoms in total. The van der Waals surface area contributed by atoms with E-state index in [1.165, 1.54) is 5.56 Å². The van der Waals surface area contributed by atoms with Crippen molar-refractivity contribution in [2.75, 3.05) is 4.90 Å². The number of thiophene rings is 1. The van der Waals surface area contributed by atoms with Crippen molar-refractivity contribution >= 4 is 34.7 Å². The second-order valence-corrected chi connectivity index (χ2v) is 8.90. The molecule has 1 aliphatic heterocycles. The first-order chi connectivity index (χ1) is 14.9. The van der Waals surface area contributed by atoms with E-state index in [1.807, 2.05) is 17.5 Å². The van der Waals surface area contributed by atoms with Gasteiger partial charge in [0.05, 0.1) is 11.7 Å². The Morgan fingerprint density at radius 1 is 0.935 bits per heavy atom. The fourth-order valence-corrected chi connectivity index (χ4v) is 4.52. The van der Waals surface area contributed by atoms with Gasteiger partial charge in [-0.3, -0.25) is 19.3 Å². The van der Waals surface area contributed by atoms with Crippen molar-refractivity contribution in [1.82, 2.24) is 5.32 Å². The van der Waals surface area contributed by atoms with E-state index in [1.54, 1.807) is 35.6 Å². The van der Waals surface area contributed by atoms with Crippen LogP contribution in [0.1, 0.15) is 65.0 Å². The van der Waals surface area contributed by atoms with Gasteiger partial charge in [0.1, 0.15) is 0 Å². The molecular weight excluding hydrogens is 408 g/mol. The van der Waals surface area contributed by atoms with Crippen molar-refractivity contribution in [3.63, 3.8) is 0 Å². The summed E-state index contributed by atoms with van der Waals surface area (Å²) < 4.78 is 0. The third-order valence-corrected chi connectivity index (χ3v) is 6.39. The highest BCUT2D eigenvalue weighted by Gasteiger charge is 2.30. The molecule has 2 aromatic carbocycles. The van der Waals surface area contributed by atoms with Gasteiger partial charge in [-0.05, 0) is 46.7 Å². The molecule has 1 aliphatic rings. The summed E-state index contributed by atoms with van der Waals surface area (Å²) in [7, 11) is 0. The summed E-state index contributed by atoms with van der Waals surface area (Å²) in [5.74, 6) is -0.289. The van der Waals surface area contributed by atoms with E-state index in [4.69, 9.17) is 0 Å². The highest BCUT2D eigenvalue weighted by molar-refractivity contribution is 7.10. The number of hydrogen-bond donors (Lipinski definition) is 1. The van der Waals surface area contributed by atoms with Crippen molar-refractivity contribution in [2.45, 2.75) is 38.6 Å². The maximum atomic E-state index is 13.1. The van der Waals surface area contributed by atoms with Crippen LogP contribution in [0.15, 0.2) is 66.0 Å². The molecule has 0 bridgehead atoms. The first kappa shape index (κ1) is 21.0. The Kier molecular flexibility index (Phi) is 6.00. The number of imide groups is 1. The molecule has 1 fully saturated rings. The van der Waals surface area contributed by atoms with E-state index in [0.29, 0.717) is 17.2 Å². The molecule has 0 radical (unpaired) electrons. The van der Waals surface area contributed by atoms with E-state index in [-0.39, 0.29) is 36.6 Å². The molecule has 1 N–H and O–H groups in total. The molecule has 6 heteroatoms. The molecule has 1 saturated heterocycles. The zero-order chi connectivity index (χ0) is 22.0. The number of carbonyl (C=O) groups is 3. The Labute approximate surface area is 185 Å². The Bertz CT molecular complexity index is 1090. The average molecular weight is 433 g/mol. The predicted octanol–water partition coefficient (Wildman–Crippen LogP) is 5.04. The normalized spacial score (nSPS) is 14.9. The molecule has 0 saturated carbocycles. The van der Waals surface area contributed by atoms with Crippen LogP contribution in [0.3, 0.4) is 0 Å². The topological polar surface area (TPSA) is 66.5 Å². The lowest BCUT2D eigenvalue weighted by Crippen LogP contribution is -2.30. The van der Waals surface area contributed by atoms with E-state index in [9.17, 15) is 14.4 Å². The zero-order valence-corrected chi connectivity index (χ0v) is 18.3. The summed E-state index contributed by atoms with van der Waals surface area (Å²) in [6.45, 7) is 4.30. The molecule has 0 aliphatic carbocycles. The van der Waals surface area contributed by atoms with Crippen LogP contribution in [-0.4, -0.2) is 17.7 Å². The standard InChI is InChI=1S/C25H24N2O3S/c1-16(2)17-8-10-18(11-9-17)24(21-7-4-14-31-21)26-25(30)19-5-3-6-20(15-19)27-22(28)12-13-23(27)29/h3-11,14-16,24H,12-13H2,1-2H3,(H,26,30). The van der Waals surface area contributed by atoms with Gasteiger partial charge in [-0.1, -0.05) is 50.2 Å². The van der Waals surface area contributed by atoms with Crippen molar-refractivity contribution in [3.05, 3.63) is 87.6 Å². The van der Waals surface area contributed by atoms with Crippen LogP contribution in [0.4, 0.5) is 5.69 Å². The third-order valence-electron chi connectivity index (χ3n) is 5.46. The number of nitrogens with zero attached hydrogens (tertiary/aromatic N) is 1. The zero-order valence-electron chi connectivity index (χ0n) is 17.5. The maximum absolute atomic E-state index is 13.1. The van der Waals surface area contributed by atoms with E-state index < -0.39 is 0 Å². The lowest BCUT2D eigenvalue weighted by Gasteiger charge is -2.20. The minimum atomic E-state index is -0.285. The summed E-state index contributed by atoms with van der Waals surface area (Å²) in [5.41, 5.74) is 3.09. The first-order valence-corrected chi connectivity index (χ1v) is 11.2. The van der Waals surface area contributed by atoms with Crippen molar-refractivity contribution in [3.8, 4) is 0 Å². The molecule has 3 aromatic rings. The minimum absolute atomic E-state index is 0.210. The molecule has 3 amide bonds. The number of rotatable bonds is 6. The van der Waals surface area contributed by atoms with E-state index in [0.717, 1.165) is 15.3 Å². The van der Waals surface area contributed by atoms with E-state index >= 15 is 0 Å².